The maximum absolute atomic E-state index is 6.00. The summed E-state index contributed by atoms with van der Waals surface area (Å²) < 4.78 is 11.5. The normalized spacial score (nSPS) is 21.0. The standard InChI is InChI=1S/C11H13Cl2NO2.ClH/c1-2-10-15-9-5-14-4-3-8(9)11(6-12,7-13)16-10;/h3-5,10H,2,6-7H2,1H3;1H. The Morgan fingerprint density at radius 1 is 1.41 bits per heavy atom. The van der Waals surface area contributed by atoms with Gasteiger partial charge in [-0.15, -0.1) is 35.6 Å². The molecule has 96 valence electrons. The molecule has 6 heteroatoms. The molecule has 0 bridgehead atoms. The van der Waals surface area contributed by atoms with E-state index in [1.807, 2.05) is 13.0 Å². The molecule has 0 aromatic carbocycles. The van der Waals surface area contributed by atoms with Gasteiger partial charge in [0, 0.05) is 18.2 Å². The first-order valence-corrected chi connectivity index (χ1v) is 6.23. The molecule has 0 N–H and O–H groups in total. The van der Waals surface area contributed by atoms with Crippen molar-refractivity contribution in [2.45, 2.75) is 25.2 Å². The van der Waals surface area contributed by atoms with Crippen molar-refractivity contribution in [2.24, 2.45) is 0 Å². The minimum absolute atomic E-state index is 0. The molecule has 1 unspecified atom stereocenters. The monoisotopic (exact) mass is 297 g/mol. The van der Waals surface area contributed by atoms with Gasteiger partial charge in [-0.25, -0.2) is 0 Å². The fourth-order valence-electron chi connectivity index (χ4n) is 1.74. The Hall–Kier alpha value is -0.220. The largest absolute Gasteiger partial charge is 0.463 e. The molecule has 2 rings (SSSR count). The summed E-state index contributed by atoms with van der Waals surface area (Å²) in [5.41, 5.74) is 0.206. The zero-order chi connectivity index (χ0) is 11.6. The quantitative estimate of drug-likeness (QED) is 0.802. The molecule has 0 amide bonds. The van der Waals surface area contributed by atoms with Gasteiger partial charge >= 0.3 is 0 Å². The number of fused-ring (bicyclic) bond motifs is 1. The van der Waals surface area contributed by atoms with Crippen molar-refractivity contribution in [3.8, 4) is 5.75 Å². The van der Waals surface area contributed by atoms with E-state index in [1.165, 1.54) is 0 Å². The van der Waals surface area contributed by atoms with Gasteiger partial charge in [-0.3, -0.25) is 4.98 Å². The lowest BCUT2D eigenvalue weighted by Gasteiger charge is -2.39. The number of pyridine rings is 1. The molecule has 0 aliphatic carbocycles. The number of aromatic nitrogens is 1. The van der Waals surface area contributed by atoms with Crippen molar-refractivity contribution in [3.63, 3.8) is 0 Å². The van der Waals surface area contributed by atoms with Gasteiger partial charge in [0.2, 0.25) is 6.29 Å². The lowest BCUT2D eigenvalue weighted by molar-refractivity contribution is -0.179. The Bertz CT molecular complexity index is 371. The number of nitrogens with zero attached hydrogens (tertiary/aromatic N) is 1. The predicted octanol–water partition coefficient (Wildman–Crippen LogP) is 3.32. The molecule has 1 aliphatic rings. The maximum atomic E-state index is 6.00. The highest BCUT2D eigenvalue weighted by molar-refractivity contribution is 6.22. The number of hydrogen-bond donors (Lipinski definition) is 0. The van der Waals surface area contributed by atoms with E-state index in [-0.39, 0.29) is 18.7 Å². The summed E-state index contributed by atoms with van der Waals surface area (Å²) in [4.78, 5) is 4.03. The molecule has 2 heterocycles. The molecule has 0 spiro atoms. The molecule has 0 saturated heterocycles. The molecular weight excluding hydrogens is 284 g/mol. The molecule has 1 aliphatic heterocycles. The summed E-state index contributed by atoms with van der Waals surface area (Å²) in [5.74, 6) is 1.31. The van der Waals surface area contributed by atoms with E-state index in [2.05, 4.69) is 4.98 Å². The highest BCUT2D eigenvalue weighted by Gasteiger charge is 2.41. The Kier molecular flexibility index (Phi) is 5.32. The molecular formula is C11H14Cl3NO2. The fourth-order valence-corrected chi connectivity index (χ4v) is 2.44. The van der Waals surface area contributed by atoms with E-state index in [9.17, 15) is 0 Å². The fraction of sp³-hybridized carbons (Fsp3) is 0.545. The average molecular weight is 299 g/mol. The summed E-state index contributed by atoms with van der Waals surface area (Å²) >= 11 is 12.0. The van der Waals surface area contributed by atoms with Crippen LogP contribution in [0.4, 0.5) is 0 Å². The third kappa shape index (κ3) is 2.63. The first kappa shape index (κ1) is 14.8. The highest BCUT2D eigenvalue weighted by Crippen LogP contribution is 2.40. The van der Waals surface area contributed by atoms with E-state index >= 15 is 0 Å². The summed E-state index contributed by atoms with van der Waals surface area (Å²) in [7, 11) is 0. The van der Waals surface area contributed by atoms with Crippen LogP contribution in [-0.4, -0.2) is 23.0 Å². The molecule has 1 aromatic heterocycles. The molecule has 17 heavy (non-hydrogen) atoms. The van der Waals surface area contributed by atoms with Gasteiger partial charge in [0.1, 0.15) is 11.4 Å². The summed E-state index contributed by atoms with van der Waals surface area (Å²) in [6, 6.07) is 1.84. The number of ether oxygens (including phenoxy) is 2. The summed E-state index contributed by atoms with van der Waals surface area (Å²) in [5, 5.41) is 0. The van der Waals surface area contributed by atoms with E-state index in [0.29, 0.717) is 17.5 Å². The van der Waals surface area contributed by atoms with Crippen molar-refractivity contribution in [1.29, 1.82) is 0 Å². The number of halogens is 3. The van der Waals surface area contributed by atoms with E-state index < -0.39 is 5.60 Å². The van der Waals surface area contributed by atoms with Crippen LogP contribution in [0, 0.1) is 0 Å². The average Bonchev–Trinajstić information content (AvgIpc) is 2.37. The van der Waals surface area contributed by atoms with Gasteiger partial charge in [0.05, 0.1) is 18.0 Å². The van der Waals surface area contributed by atoms with Gasteiger partial charge in [0.25, 0.3) is 0 Å². The zero-order valence-corrected chi connectivity index (χ0v) is 11.7. The zero-order valence-electron chi connectivity index (χ0n) is 9.36. The van der Waals surface area contributed by atoms with Crippen LogP contribution in [-0.2, 0) is 10.3 Å². The van der Waals surface area contributed by atoms with E-state index in [4.69, 9.17) is 32.7 Å². The van der Waals surface area contributed by atoms with E-state index in [0.717, 1.165) is 12.0 Å². The minimum Gasteiger partial charge on any atom is -0.463 e. The van der Waals surface area contributed by atoms with Gasteiger partial charge in [-0.1, -0.05) is 6.92 Å². The molecule has 0 radical (unpaired) electrons. The second-order valence-electron chi connectivity index (χ2n) is 3.71. The van der Waals surface area contributed by atoms with Gasteiger partial charge in [-0.05, 0) is 6.07 Å². The number of hydrogen-bond acceptors (Lipinski definition) is 3. The van der Waals surface area contributed by atoms with Crippen molar-refractivity contribution >= 4 is 35.6 Å². The molecule has 0 fully saturated rings. The SMILES string of the molecule is CCC1Oc2cnccc2C(CCl)(CCl)O1.Cl. The topological polar surface area (TPSA) is 31.4 Å². The van der Waals surface area contributed by atoms with Crippen LogP contribution in [0.2, 0.25) is 0 Å². The van der Waals surface area contributed by atoms with Crippen LogP contribution in [0.25, 0.3) is 0 Å². The van der Waals surface area contributed by atoms with Gasteiger partial charge < -0.3 is 9.47 Å². The van der Waals surface area contributed by atoms with Gasteiger partial charge in [0.15, 0.2) is 0 Å². The third-order valence-corrected chi connectivity index (χ3v) is 3.52. The first-order valence-electron chi connectivity index (χ1n) is 5.16. The molecule has 0 saturated carbocycles. The lowest BCUT2D eigenvalue weighted by Crippen LogP contribution is -2.44. The van der Waals surface area contributed by atoms with E-state index in [1.54, 1.807) is 12.4 Å². The second-order valence-corrected chi connectivity index (χ2v) is 4.24. The molecule has 1 aromatic rings. The Balaban J connectivity index is 0.00000144. The molecule has 1 atom stereocenters. The second kappa shape index (κ2) is 6.10. The highest BCUT2D eigenvalue weighted by atomic mass is 35.5. The third-order valence-electron chi connectivity index (χ3n) is 2.66. The first-order chi connectivity index (χ1) is 7.75. The predicted molar refractivity (Wildman–Crippen MR) is 70.4 cm³/mol. The van der Waals surface area contributed by atoms with Crippen LogP contribution >= 0.6 is 35.6 Å². The summed E-state index contributed by atoms with van der Waals surface area (Å²) in [6.07, 6.45) is 3.79. The Morgan fingerprint density at radius 3 is 2.71 bits per heavy atom. The minimum atomic E-state index is -0.666. The van der Waals surface area contributed by atoms with Crippen LogP contribution in [0.5, 0.6) is 5.75 Å². The Morgan fingerprint density at radius 2 is 2.12 bits per heavy atom. The van der Waals surface area contributed by atoms with Gasteiger partial charge in [-0.2, -0.15) is 0 Å². The van der Waals surface area contributed by atoms with Crippen molar-refractivity contribution < 1.29 is 9.47 Å². The van der Waals surface area contributed by atoms with Crippen LogP contribution in [0.1, 0.15) is 18.9 Å². The number of rotatable bonds is 3. The maximum Gasteiger partial charge on any atom is 0.200 e. The van der Waals surface area contributed by atoms with Crippen LogP contribution < -0.4 is 4.74 Å². The van der Waals surface area contributed by atoms with Crippen LogP contribution in [0.3, 0.4) is 0 Å². The van der Waals surface area contributed by atoms with Crippen molar-refractivity contribution in [2.75, 3.05) is 11.8 Å². The number of alkyl halides is 2. The van der Waals surface area contributed by atoms with Crippen molar-refractivity contribution in [3.05, 3.63) is 24.0 Å². The lowest BCUT2D eigenvalue weighted by atomic mass is 9.96. The summed E-state index contributed by atoms with van der Waals surface area (Å²) in [6.45, 7) is 1.99. The smallest absolute Gasteiger partial charge is 0.200 e. The van der Waals surface area contributed by atoms with Crippen molar-refractivity contribution in [1.82, 2.24) is 4.98 Å². The Labute approximate surface area is 117 Å². The molecule has 3 nitrogen and oxygen atoms in total. The van der Waals surface area contributed by atoms with Crippen LogP contribution in [0.15, 0.2) is 18.5 Å².